The molecular formula is C13H11N3O2. The van der Waals surface area contributed by atoms with Gasteiger partial charge in [-0.1, -0.05) is 0 Å². The summed E-state index contributed by atoms with van der Waals surface area (Å²) in [7, 11) is 3.12. The third-order valence-corrected chi connectivity index (χ3v) is 2.38. The molecule has 0 saturated heterocycles. The van der Waals surface area contributed by atoms with Crippen molar-refractivity contribution in [1.82, 2.24) is 9.97 Å². The van der Waals surface area contributed by atoms with E-state index in [1.54, 1.807) is 44.7 Å². The predicted octanol–water partition coefficient (Wildman–Crippen LogP) is 2.03. The van der Waals surface area contributed by atoms with Crippen molar-refractivity contribution in [2.75, 3.05) is 14.2 Å². The summed E-state index contributed by atoms with van der Waals surface area (Å²) in [5, 5.41) is 8.92. The van der Waals surface area contributed by atoms with Gasteiger partial charge in [0.05, 0.1) is 25.6 Å². The van der Waals surface area contributed by atoms with Gasteiger partial charge in [0, 0.05) is 24.4 Å². The molecule has 0 spiro atoms. The number of rotatable bonds is 3. The highest BCUT2D eigenvalue weighted by Gasteiger charge is 2.07. The smallest absolute Gasteiger partial charge is 0.144 e. The summed E-state index contributed by atoms with van der Waals surface area (Å²) in [4.78, 5) is 8.39. The fraction of sp³-hybridized carbons (Fsp3) is 0.154. The Morgan fingerprint density at radius 1 is 1.06 bits per heavy atom. The van der Waals surface area contributed by atoms with Gasteiger partial charge < -0.3 is 9.47 Å². The number of hydrogen-bond acceptors (Lipinski definition) is 5. The molecule has 0 aliphatic rings. The number of methoxy groups -OCH3 is 2. The number of nitriles is 1. The van der Waals surface area contributed by atoms with Crippen LogP contribution in [0, 0.1) is 11.3 Å². The van der Waals surface area contributed by atoms with E-state index in [2.05, 4.69) is 9.97 Å². The van der Waals surface area contributed by atoms with Crippen LogP contribution in [0.25, 0.3) is 11.4 Å². The second kappa shape index (κ2) is 5.15. The van der Waals surface area contributed by atoms with Gasteiger partial charge in [-0.15, -0.1) is 0 Å². The van der Waals surface area contributed by atoms with Crippen LogP contribution in [-0.2, 0) is 0 Å². The van der Waals surface area contributed by atoms with Crippen LogP contribution in [0.2, 0.25) is 0 Å². The monoisotopic (exact) mass is 241 g/mol. The van der Waals surface area contributed by atoms with Gasteiger partial charge >= 0.3 is 0 Å². The summed E-state index contributed by atoms with van der Waals surface area (Å²) in [6, 6.07) is 8.79. The molecule has 90 valence electrons. The Hall–Kier alpha value is -2.61. The molecule has 0 aromatic carbocycles. The van der Waals surface area contributed by atoms with Gasteiger partial charge in [0.2, 0.25) is 0 Å². The van der Waals surface area contributed by atoms with Crippen molar-refractivity contribution in [2.24, 2.45) is 0 Å². The van der Waals surface area contributed by atoms with Crippen LogP contribution in [0.4, 0.5) is 0 Å². The molecule has 0 N–H and O–H groups in total. The number of ether oxygens (including phenoxy) is 2. The molecule has 0 aliphatic carbocycles. The SMILES string of the molecule is COc1ccnc(-c2cc(OC)cc(C#N)n2)c1. The maximum atomic E-state index is 8.92. The van der Waals surface area contributed by atoms with E-state index in [0.717, 1.165) is 0 Å². The molecule has 18 heavy (non-hydrogen) atoms. The van der Waals surface area contributed by atoms with E-state index in [-0.39, 0.29) is 5.69 Å². The molecule has 5 heteroatoms. The summed E-state index contributed by atoms with van der Waals surface area (Å²) < 4.78 is 10.3. The fourth-order valence-corrected chi connectivity index (χ4v) is 1.49. The first kappa shape index (κ1) is 11.9. The molecule has 2 aromatic rings. The number of pyridine rings is 2. The first-order valence-electron chi connectivity index (χ1n) is 5.23. The van der Waals surface area contributed by atoms with Crippen molar-refractivity contribution in [3.63, 3.8) is 0 Å². The second-order valence-electron chi connectivity index (χ2n) is 3.47. The summed E-state index contributed by atoms with van der Waals surface area (Å²) in [5.41, 5.74) is 1.49. The Kier molecular flexibility index (Phi) is 3.39. The summed E-state index contributed by atoms with van der Waals surface area (Å²) in [6.45, 7) is 0. The molecule has 0 saturated carbocycles. The Morgan fingerprint density at radius 2 is 1.78 bits per heavy atom. The van der Waals surface area contributed by atoms with E-state index in [1.807, 2.05) is 6.07 Å². The van der Waals surface area contributed by atoms with Crippen molar-refractivity contribution >= 4 is 0 Å². The van der Waals surface area contributed by atoms with Crippen LogP contribution in [0.5, 0.6) is 11.5 Å². The Labute approximate surface area is 105 Å². The van der Waals surface area contributed by atoms with Gasteiger partial charge in [-0.05, 0) is 6.07 Å². The van der Waals surface area contributed by atoms with E-state index < -0.39 is 0 Å². The van der Waals surface area contributed by atoms with Gasteiger partial charge in [0.25, 0.3) is 0 Å². The van der Waals surface area contributed by atoms with Gasteiger partial charge in [0.1, 0.15) is 23.3 Å². The third-order valence-electron chi connectivity index (χ3n) is 2.38. The lowest BCUT2D eigenvalue weighted by molar-refractivity contribution is 0.413. The highest BCUT2D eigenvalue weighted by molar-refractivity contribution is 5.59. The van der Waals surface area contributed by atoms with Crippen LogP contribution in [-0.4, -0.2) is 24.2 Å². The minimum absolute atomic E-state index is 0.286. The Balaban J connectivity index is 2.52. The minimum atomic E-state index is 0.286. The minimum Gasteiger partial charge on any atom is -0.497 e. The zero-order valence-corrected chi connectivity index (χ0v) is 10.0. The van der Waals surface area contributed by atoms with Crippen LogP contribution in [0.1, 0.15) is 5.69 Å². The summed E-state index contributed by atoms with van der Waals surface area (Å²) >= 11 is 0. The zero-order valence-electron chi connectivity index (χ0n) is 10.0. The number of aromatic nitrogens is 2. The van der Waals surface area contributed by atoms with Gasteiger partial charge in [-0.3, -0.25) is 4.98 Å². The molecular weight excluding hydrogens is 230 g/mol. The molecule has 2 aromatic heterocycles. The molecule has 2 rings (SSSR count). The molecule has 0 atom stereocenters. The van der Waals surface area contributed by atoms with Crippen molar-refractivity contribution in [3.05, 3.63) is 36.2 Å². The number of nitrogens with zero attached hydrogens (tertiary/aromatic N) is 3. The molecule has 0 amide bonds. The topological polar surface area (TPSA) is 68.0 Å². The average Bonchev–Trinajstić information content (AvgIpc) is 2.46. The van der Waals surface area contributed by atoms with Gasteiger partial charge in [0.15, 0.2) is 0 Å². The number of hydrogen-bond donors (Lipinski definition) is 0. The van der Waals surface area contributed by atoms with Gasteiger partial charge in [-0.25, -0.2) is 4.98 Å². The highest BCUT2D eigenvalue weighted by Crippen LogP contribution is 2.23. The Bertz CT molecular complexity index is 605. The maximum Gasteiger partial charge on any atom is 0.144 e. The van der Waals surface area contributed by atoms with E-state index >= 15 is 0 Å². The van der Waals surface area contributed by atoms with Gasteiger partial charge in [-0.2, -0.15) is 5.26 Å². The first-order chi connectivity index (χ1) is 8.76. The predicted molar refractivity (Wildman–Crippen MR) is 65.3 cm³/mol. The molecule has 0 aliphatic heterocycles. The van der Waals surface area contributed by atoms with Crippen LogP contribution >= 0.6 is 0 Å². The summed E-state index contributed by atoms with van der Waals surface area (Å²) in [6.07, 6.45) is 1.63. The molecule has 2 heterocycles. The van der Waals surface area contributed by atoms with Crippen molar-refractivity contribution in [2.45, 2.75) is 0 Å². The standard InChI is InChI=1S/C13H11N3O2/c1-17-10-3-4-15-12(6-10)13-7-11(18-2)5-9(8-14)16-13/h3-7H,1-2H3. The molecule has 0 radical (unpaired) electrons. The van der Waals surface area contributed by atoms with Crippen molar-refractivity contribution in [3.8, 4) is 29.0 Å². The van der Waals surface area contributed by atoms with E-state index in [0.29, 0.717) is 22.9 Å². The second-order valence-corrected chi connectivity index (χ2v) is 3.47. The highest BCUT2D eigenvalue weighted by atomic mass is 16.5. The normalized spacial score (nSPS) is 9.61. The molecule has 5 nitrogen and oxygen atoms in total. The summed E-state index contributed by atoms with van der Waals surface area (Å²) in [5.74, 6) is 1.25. The lowest BCUT2D eigenvalue weighted by Gasteiger charge is -2.05. The van der Waals surface area contributed by atoms with Crippen molar-refractivity contribution < 1.29 is 9.47 Å². The van der Waals surface area contributed by atoms with E-state index in [1.165, 1.54) is 0 Å². The van der Waals surface area contributed by atoms with Crippen LogP contribution in [0.3, 0.4) is 0 Å². The maximum absolute atomic E-state index is 8.92. The van der Waals surface area contributed by atoms with Crippen molar-refractivity contribution in [1.29, 1.82) is 5.26 Å². The largest absolute Gasteiger partial charge is 0.497 e. The fourth-order valence-electron chi connectivity index (χ4n) is 1.49. The van der Waals surface area contributed by atoms with E-state index in [9.17, 15) is 0 Å². The lowest BCUT2D eigenvalue weighted by atomic mass is 10.2. The van der Waals surface area contributed by atoms with Crippen LogP contribution < -0.4 is 9.47 Å². The Morgan fingerprint density at radius 3 is 2.44 bits per heavy atom. The zero-order chi connectivity index (χ0) is 13.0. The van der Waals surface area contributed by atoms with Crippen LogP contribution in [0.15, 0.2) is 30.5 Å². The average molecular weight is 241 g/mol. The quantitative estimate of drug-likeness (QED) is 0.822. The first-order valence-corrected chi connectivity index (χ1v) is 5.23. The van der Waals surface area contributed by atoms with E-state index in [4.69, 9.17) is 14.7 Å². The lowest BCUT2D eigenvalue weighted by Crippen LogP contribution is -1.94. The third kappa shape index (κ3) is 2.38. The molecule has 0 bridgehead atoms. The molecule has 0 unspecified atom stereocenters. The molecule has 0 fully saturated rings.